The van der Waals surface area contributed by atoms with Crippen molar-refractivity contribution in [1.82, 2.24) is 0 Å². The minimum Gasteiger partial charge on any atom is -0.507 e. The van der Waals surface area contributed by atoms with Crippen molar-refractivity contribution in [2.75, 3.05) is 0 Å². The number of phenolic OH excluding ortho intramolecular Hbond substituents is 1. The Bertz CT molecular complexity index is 606. The Morgan fingerprint density at radius 2 is 1.65 bits per heavy atom. The van der Waals surface area contributed by atoms with E-state index in [1.165, 1.54) is 6.07 Å². The molecule has 0 aliphatic carbocycles. The Morgan fingerprint density at radius 1 is 1.06 bits per heavy atom. The summed E-state index contributed by atoms with van der Waals surface area (Å²) in [5.74, 6) is -0.0652. The highest BCUT2D eigenvalue weighted by Crippen LogP contribution is 2.31. The number of benzene rings is 1. The van der Waals surface area contributed by atoms with Gasteiger partial charge >= 0.3 is 0 Å². The minimum atomic E-state index is -0.300. The topological polar surface area (TPSA) is 91.6 Å². The predicted molar refractivity (Wildman–Crippen MR) is 61.3 cm³/mol. The number of aromatic hydroxyl groups is 1. The number of hydrogen-bond acceptors (Lipinski definition) is 4. The summed E-state index contributed by atoms with van der Waals surface area (Å²) < 4.78 is 0. The van der Waals surface area contributed by atoms with E-state index in [0.29, 0.717) is 5.56 Å². The second-order valence-electron chi connectivity index (χ2n) is 3.49. The number of aryl methyl sites for hydroxylation is 1. The van der Waals surface area contributed by atoms with Gasteiger partial charge in [-0.05, 0) is 31.0 Å². The Balaban J connectivity index is 3.63. The van der Waals surface area contributed by atoms with Crippen molar-refractivity contribution >= 4 is 5.57 Å². The van der Waals surface area contributed by atoms with Gasteiger partial charge in [-0.15, -0.1) is 0 Å². The maximum atomic E-state index is 9.92. The van der Waals surface area contributed by atoms with Gasteiger partial charge in [0.1, 0.15) is 29.5 Å². The molecule has 1 aromatic carbocycles. The number of rotatable bonds is 1. The number of allylic oxidation sites excluding steroid dienone is 2. The Hall–Kier alpha value is -2.77. The van der Waals surface area contributed by atoms with Crippen molar-refractivity contribution in [3.05, 3.63) is 34.4 Å². The predicted octanol–water partition coefficient (Wildman–Crippen LogP) is 2.33. The van der Waals surface area contributed by atoms with E-state index in [1.54, 1.807) is 31.2 Å². The van der Waals surface area contributed by atoms with Crippen molar-refractivity contribution in [3.8, 4) is 24.0 Å². The summed E-state index contributed by atoms with van der Waals surface area (Å²) in [6, 6.07) is 8.34. The van der Waals surface area contributed by atoms with Gasteiger partial charge in [0.25, 0.3) is 0 Å². The highest BCUT2D eigenvalue weighted by atomic mass is 16.3. The number of nitrogens with zero attached hydrogens (tertiary/aromatic N) is 3. The summed E-state index contributed by atoms with van der Waals surface area (Å²) in [7, 11) is 0. The Morgan fingerprint density at radius 3 is 2.12 bits per heavy atom. The molecule has 0 aliphatic heterocycles. The van der Waals surface area contributed by atoms with Crippen molar-refractivity contribution < 1.29 is 5.11 Å². The van der Waals surface area contributed by atoms with E-state index in [2.05, 4.69) is 0 Å². The van der Waals surface area contributed by atoms with Crippen LogP contribution in [0, 0.1) is 47.8 Å². The molecule has 0 saturated carbocycles. The van der Waals surface area contributed by atoms with Gasteiger partial charge in [0.15, 0.2) is 0 Å². The first-order valence-electron chi connectivity index (χ1n) is 4.81. The molecule has 4 heteroatoms. The van der Waals surface area contributed by atoms with Crippen LogP contribution >= 0.6 is 0 Å². The molecule has 0 amide bonds. The van der Waals surface area contributed by atoms with Crippen LogP contribution in [0.5, 0.6) is 5.75 Å². The van der Waals surface area contributed by atoms with Gasteiger partial charge in [0, 0.05) is 5.56 Å². The highest BCUT2D eigenvalue weighted by Gasteiger charge is 2.15. The number of phenols is 1. The molecule has 0 fully saturated rings. The van der Waals surface area contributed by atoms with E-state index < -0.39 is 0 Å². The lowest BCUT2D eigenvalue weighted by molar-refractivity contribution is 0.469. The lowest BCUT2D eigenvalue weighted by Crippen LogP contribution is -1.91. The fourth-order valence-corrected chi connectivity index (χ4v) is 1.39. The normalized spacial score (nSPS) is 8.65. The Kier molecular flexibility index (Phi) is 3.50. The molecule has 0 atom stereocenters. The average Bonchev–Trinajstić information content (AvgIpc) is 2.34. The van der Waals surface area contributed by atoms with Crippen LogP contribution in [0.1, 0.15) is 16.7 Å². The van der Waals surface area contributed by atoms with Crippen LogP contribution in [0.25, 0.3) is 5.57 Å². The summed E-state index contributed by atoms with van der Waals surface area (Å²) >= 11 is 0. The molecule has 1 rings (SSSR count). The monoisotopic (exact) mass is 223 g/mol. The molecule has 0 unspecified atom stereocenters. The van der Waals surface area contributed by atoms with E-state index in [0.717, 1.165) is 5.56 Å². The largest absolute Gasteiger partial charge is 0.507 e. The Labute approximate surface area is 99.3 Å². The van der Waals surface area contributed by atoms with E-state index in [9.17, 15) is 5.11 Å². The first-order valence-corrected chi connectivity index (χ1v) is 4.81. The molecule has 1 aromatic rings. The third-order valence-corrected chi connectivity index (χ3v) is 2.56. The zero-order valence-electron chi connectivity index (χ0n) is 9.44. The van der Waals surface area contributed by atoms with Crippen molar-refractivity contribution in [2.24, 2.45) is 0 Å². The highest BCUT2D eigenvalue weighted by molar-refractivity contribution is 5.87. The van der Waals surface area contributed by atoms with Crippen molar-refractivity contribution in [1.29, 1.82) is 15.8 Å². The minimum absolute atomic E-state index is 0.0652. The molecule has 0 aromatic heterocycles. The molecule has 17 heavy (non-hydrogen) atoms. The molecular weight excluding hydrogens is 214 g/mol. The summed E-state index contributed by atoms with van der Waals surface area (Å²) in [5, 5.41) is 36.4. The van der Waals surface area contributed by atoms with Crippen molar-refractivity contribution in [2.45, 2.75) is 13.8 Å². The quantitative estimate of drug-likeness (QED) is 0.739. The molecule has 4 nitrogen and oxygen atoms in total. The number of nitriles is 3. The van der Waals surface area contributed by atoms with Gasteiger partial charge in [0.2, 0.25) is 0 Å². The second kappa shape index (κ2) is 4.84. The van der Waals surface area contributed by atoms with E-state index in [1.807, 2.05) is 6.92 Å². The second-order valence-corrected chi connectivity index (χ2v) is 3.49. The van der Waals surface area contributed by atoms with E-state index in [4.69, 9.17) is 15.8 Å². The lowest BCUT2D eigenvalue weighted by Gasteiger charge is -2.08. The van der Waals surface area contributed by atoms with E-state index in [-0.39, 0.29) is 22.5 Å². The molecular formula is C13H9N3O. The van der Waals surface area contributed by atoms with E-state index >= 15 is 0 Å². The third kappa shape index (κ3) is 2.09. The summed E-state index contributed by atoms with van der Waals surface area (Å²) in [6.07, 6.45) is 0. The molecule has 0 saturated heterocycles. The van der Waals surface area contributed by atoms with Crippen LogP contribution < -0.4 is 0 Å². The standard InChI is InChI=1S/C13H9N3O/c1-8-3-4-11(13(17)9(8)2)12(7-16)10(5-14)6-15/h3-4,17H,1-2H3. The fourth-order valence-electron chi connectivity index (χ4n) is 1.39. The lowest BCUT2D eigenvalue weighted by atomic mass is 9.96. The summed E-state index contributed by atoms with van der Waals surface area (Å²) in [4.78, 5) is 0. The fraction of sp³-hybridized carbons (Fsp3) is 0.154. The molecule has 0 heterocycles. The maximum Gasteiger partial charge on any atom is 0.148 e. The first kappa shape index (κ1) is 12.3. The van der Waals surface area contributed by atoms with Gasteiger partial charge in [0.05, 0.1) is 5.57 Å². The van der Waals surface area contributed by atoms with Crippen LogP contribution in [0.2, 0.25) is 0 Å². The average molecular weight is 223 g/mol. The zero-order chi connectivity index (χ0) is 13.0. The van der Waals surface area contributed by atoms with Gasteiger partial charge < -0.3 is 5.11 Å². The van der Waals surface area contributed by atoms with Gasteiger partial charge in [-0.2, -0.15) is 15.8 Å². The zero-order valence-corrected chi connectivity index (χ0v) is 9.44. The number of hydrogen-bond donors (Lipinski definition) is 1. The maximum absolute atomic E-state index is 9.92. The van der Waals surface area contributed by atoms with Gasteiger partial charge in [-0.3, -0.25) is 0 Å². The van der Waals surface area contributed by atoms with Crippen LogP contribution in [0.15, 0.2) is 17.7 Å². The smallest absolute Gasteiger partial charge is 0.148 e. The summed E-state index contributed by atoms with van der Waals surface area (Å²) in [5.41, 5.74) is 1.32. The van der Waals surface area contributed by atoms with Crippen LogP contribution in [-0.4, -0.2) is 5.11 Å². The van der Waals surface area contributed by atoms with Crippen LogP contribution in [0.4, 0.5) is 0 Å². The first-order chi connectivity index (χ1) is 8.06. The van der Waals surface area contributed by atoms with Gasteiger partial charge in [-0.25, -0.2) is 0 Å². The molecule has 82 valence electrons. The van der Waals surface area contributed by atoms with Crippen LogP contribution in [0.3, 0.4) is 0 Å². The van der Waals surface area contributed by atoms with Crippen molar-refractivity contribution in [3.63, 3.8) is 0 Å². The SMILES string of the molecule is Cc1ccc(C(C#N)=C(C#N)C#N)c(O)c1C. The summed E-state index contributed by atoms with van der Waals surface area (Å²) in [6.45, 7) is 3.53. The molecule has 0 radical (unpaired) electrons. The van der Waals surface area contributed by atoms with Crippen LogP contribution in [-0.2, 0) is 0 Å². The molecule has 0 spiro atoms. The molecule has 1 N–H and O–H groups in total. The van der Waals surface area contributed by atoms with Gasteiger partial charge in [-0.1, -0.05) is 6.07 Å². The molecule has 0 bridgehead atoms. The molecule has 0 aliphatic rings. The third-order valence-electron chi connectivity index (χ3n) is 2.56.